The summed E-state index contributed by atoms with van der Waals surface area (Å²) in [6.45, 7) is 2.37. The van der Waals surface area contributed by atoms with Crippen LogP contribution in [0.5, 0.6) is 0 Å². The smallest absolute Gasteiger partial charge is 0.172 e. The molecule has 0 spiro atoms. The molecule has 0 saturated carbocycles. The number of halogens is 3. The van der Waals surface area contributed by atoms with E-state index in [2.05, 4.69) is 31.5 Å². The highest BCUT2D eigenvalue weighted by atomic mass is 79.9. The van der Waals surface area contributed by atoms with Crippen LogP contribution in [-0.2, 0) is 6.54 Å². The standard InChI is InChI=1S/C14H12BrClFN3S/c1-8-11(15)7-18-13(12(8)16)20-14(21)19-6-9-2-4-10(17)5-3-9/h2-5,7H,6H2,1H3,(H2,18,19,20,21). The van der Waals surface area contributed by atoms with Crippen molar-refractivity contribution in [3.05, 3.63) is 56.9 Å². The summed E-state index contributed by atoms with van der Waals surface area (Å²) in [5.41, 5.74) is 1.81. The molecule has 0 fully saturated rings. The molecule has 0 aliphatic rings. The van der Waals surface area contributed by atoms with E-state index in [4.69, 9.17) is 23.8 Å². The summed E-state index contributed by atoms with van der Waals surface area (Å²) in [5, 5.41) is 6.87. The summed E-state index contributed by atoms with van der Waals surface area (Å²) < 4.78 is 13.6. The van der Waals surface area contributed by atoms with Crippen molar-refractivity contribution in [1.29, 1.82) is 0 Å². The Labute approximate surface area is 141 Å². The second-order valence-corrected chi connectivity index (χ2v) is 5.97. The Morgan fingerprint density at radius 1 is 1.38 bits per heavy atom. The van der Waals surface area contributed by atoms with Crippen LogP contribution >= 0.6 is 39.7 Å². The molecule has 0 amide bonds. The minimum absolute atomic E-state index is 0.263. The Balaban J connectivity index is 1.96. The maximum atomic E-state index is 12.8. The van der Waals surface area contributed by atoms with E-state index < -0.39 is 0 Å². The van der Waals surface area contributed by atoms with Crippen LogP contribution in [0.2, 0.25) is 5.02 Å². The molecule has 1 aromatic heterocycles. The van der Waals surface area contributed by atoms with E-state index >= 15 is 0 Å². The number of hydrogen-bond donors (Lipinski definition) is 2. The Hall–Kier alpha value is -1.24. The summed E-state index contributed by atoms with van der Waals surface area (Å²) in [7, 11) is 0. The molecular formula is C14H12BrClFN3S. The van der Waals surface area contributed by atoms with Gasteiger partial charge in [-0.15, -0.1) is 0 Å². The van der Waals surface area contributed by atoms with E-state index in [1.165, 1.54) is 12.1 Å². The third kappa shape index (κ3) is 4.36. The highest BCUT2D eigenvalue weighted by molar-refractivity contribution is 9.10. The SMILES string of the molecule is Cc1c(Br)cnc(NC(=S)NCc2ccc(F)cc2)c1Cl. The molecule has 21 heavy (non-hydrogen) atoms. The lowest BCUT2D eigenvalue weighted by atomic mass is 10.2. The molecule has 0 atom stereocenters. The molecule has 0 unspecified atom stereocenters. The number of hydrogen-bond acceptors (Lipinski definition) is 2. The van der Waals surface area contributed by atoms with Gasteiger partial charge in [0.1, 0.15) is 5.82 Å². The largest absolute Gasteiger partial charge is 0.358 e. The highest BCUT2D eigenvalue weighted by Gasteiger charge is 2.09. The number of anilines is 1. The number of nitrogens with zero attached hydrogens (tertiary/aromatic N) is 1. The minimum atomic E-state index is -0.263. The Morgan fingerprint density at radius 3 is 2.71 bits per heavy atom. The van der Waals surface area contributed by atoms with Gasteiger partial charge >= 0.3 is 0 Å². The summed E-state index contributed by atoms with van der Waals surface area (Å²) in [6, 6.07) is 6.20. The molecule has 2 N–H and O–H groups in total. The van der Waals surface area contributed by atoms with Crippen LogP contribution in [0.4, 0.5) is 10.2 Å². The number of thiocarbonyl (C=S) groups is 1. The van der Waals surface area contributed by atoms with Gasteiger partial charge in [0.2, 0.25) is 0 Å². The fraction of sp³-hybridized carbons (Fsp3) is 0.143. The quantitative estimate of drug-likeness (QED) is 0.763. The molecule has 2 aromatic rings. The van der Waals surface area contributed by atoms with Crippen LogP contribution in [0.3, 0.4) is 0 Å². The molecular weight excluding hydrogens is 377 g/mol. The fourth-order valence-electron chi connectivity index (χ4n) is 1.58. The maximum Gasteiger partial charge on any atom is 0.172 e. The topological polar surface area (TPSA) is 37.0 Å². The van der Waals surface area contributed by atoms with Crippen LogP contribution in [0, 0.1) is 12.7 Å². The van der Waals surface area contributed by atoms with Crippen molar-refractivity contribution in [3.63, 3.8) is 0 Å². The van der Waals surface area contributed by atoms with E-state index in [1.54, 1.807) is 18.3 Å². The van der Waals surface area contributed by atoms with Crippen LogP contribution < -0.4 is 10.6 Å². The first-order valence-electron chi connectivity index (χ1n) is 6.07. The zero-order chi connectivity index (χ0) is 15.4. The first-order valence-corrected chi connectivity index (χ1v) is 7.65. The molecule has 0 radical (unpaired) electrons. The van der Waals surface area contributed by atoms with E-state index in [-0.39, 0.29) is 5.82 Å². The van der Waals surface area contributed by atoms with Gasteiger partial charge < -0.3 is 10.6 Å². The van der Waals surface area contributed by atoms with Gasteiger partial charge in [-0.2, -0.15) is 0 Å². The van der Waals surface area contributed by atoms with Gasteiger partial charge in [-0.25, -0.2) is 9.37 Å². The van der Waals surface area contributed by atoms with E-state index in [9.17, 15) is 4.39 Å². The van der Waals surface area contributed by atoms with Gasteiger partial charge in [-0.1, -0.05) is 23.7 Å². The minimum Gasteiger partial charge on any atom is -0.358 e. The third-order valence-corrected chi connectivity index (χ3v) is 4.31. The second-order valence-electron chi connectivity index (χ2n) is 4.33. The zero-order valence-electron chi connectivity index (χ0n) is 11.1. The van der Waals surface area contributed by atoms with Crippen LogP contribution in [0.1, 0.15) is 11.1 Å². The average Bonchev–Trinajstić information content (AvgIpc) is 2.47. The van der Waals surface area contributed by atoms with Crippen LogP contribution in [0.25, 0.3) is 0 Å². The van der Waals surface area contributed by atoms with Gasteiger partial charge in [-0.05, 0) is 58.3 Å². The average molecular weight is 389 g/mol. The van der Waals surface area contributed by atoms with E-state index in [0.29, 0.717) is 22.5 Å². The second kappa shape index (κ2) is 7.15. The first kappa shape index (κ1) is 16.1. The predicted octanol–water partition coefficient (Wildman–Crippen LogP) is 4.43. The highest BCUT2D eigenvalue weighted by Crippen LogP contribution is 2.28. The molecule has 2 rings (SSSR count). The number of pyridine rings is 1. The van der Waals surface area contributed by atoms with Gasteiger partial charge in [0.15, 0.2) is 10.9 Å². The fourth-order valence-corrected chi connectivity index (χ4v) is 2.36. The van der Waals surface area contributed by atoms with Crippen molar-refractivity contribution in [3.8, 4) is 0 Å². The lowest BCUT2D eigenvalue weighted by Gasteiger charge is -2.12. The van der Waals surface area contributed by atoms with Crippen molar-refractivity contribution in [2.75, 3.05) is 5.32 Å². The number of nitrogens with one attached hydrogen (secondary N) is 2. The summed E-state index contributed by atoms with van der Waals surface area (Å²) in [4.78, 5) is 4.18. The maximum absolute atomic E-state index is 12.8. The third-order valence-electron chi connectivity index (χ3n) is 2.80. The lowest BCUT2D eigenvalue weighted by molar-refractivity contribution is 0.627. The van der Waals surface area contributed by atoms with Crippen molar-refractivity contribution >= 4 is 50.7 Å². The molecule has 0 aliphatic heterocycles. The number of aromatic nitrogens is 1. The number of benzene rings is 1. The Bertz CT molecular complexity index is 664. The molecule has 1 aromatic carbocycles. The van der Waals surface area contributed by atoms with Crippen molar-refractivity contribution in [2.45, 2.75) is 13.5 Å². The molecule has 3 nitrogen and oxygen atoms in total. The molecule has 0 aliphatic carbocycles. The normalized spacial score (nSPS) is 10.3. The van der Waals surface area contributed by atoms with E-state index in [0.717, 1.165) is 15.6 Å². The molecule has 7 heteroatoms. The van der Waals surface area contributed by atoms with Gasteiger partial charge in [0.05, 0.1) is 5.02 Å². The zero-order valence-corrected chi connectivity index (χ0v) is 14.2. The molecule has 0 saturated heterocycles. The van der Waals surface area contributed by atoms with Crippen molar-refractivity contribution in [1.82, 2.24) is 10.3 Å². The molecule has 1 heterocycles. The van der Waals surface area contributed by atoms with Crippen molar-refractivity contribution in [2.24, 2.45) is 0 Å². The summed E-state index contributed by atoms with van der Waals surface area (Å²) in [5.74, 6) is 0.231. The van der Waals surface area contributed by atoms with Crippen LogP contribution in [0.15, 0.2) is 34.9 Å². The molecule has 0 bridgehead atoms. The van der Waals surface area contributed by atoms with Crippen LogP contribution in [-0.4, -0.2) is 10.1 Å². The Morgan fingerprint density at radius 2 is 2.05 bits per heavy atom. The lowest BCUT2D eigenvalue weighted by Crippen LogP contribution is -2.28. The Kier molecular flexibility index (Phi) is 5.50. The van der Waals surface area contributed by atoms with E-state index in [1.807, 2.05) is 6.92 Å². The molecule has 110 valence electrons. The van der Waals surface area contributed by atoms with Crippen molar-refractivity contribution < 1.29 is 4.39 Å². The monoisotopic (exact) mass is 387 g/mol. The number of rotatable bonds is 3. The van der Waals surface area contributed by atoms with Gasteiger partial charge in [-0.3, -0.25) is 0 Å². The van der Waals surface area contributed by atoms with Gasteiger partial charge in [0.25, 0.3) is 0 Å². The first-order chi connectivity index (χ1) is 9.97. The predicted molar refractivity (Wildman–Crippen MR) is 91.1 cm³/mol. The summed E-state index contributed by atoms with van der Waals surface area (Å²) >= 11 is 14.7. The summed E-state index contributed by atoms with van der Waals surface area (Å²) in [6.07, 6.45) is 1.66. The van der Waals surface area contributed by atoms with Gasteiger partial charge in [0, 0.05) is 17.2 Å².